The summed E-state index contributed by atoms with van der Waals surface area (Å²) in [5.74, 6) is 0.766. The maximum Gasteiger partial charge on any atom is 0.269 e. The Hall–Kier alpha value is -1.38. The van der Waals surface area contributed by atoms with Crippen molar-refractivity contribution >= 4 is 35.6 Å². The number of hydrogen-bond acceptors (Lipinski definition) is 3. The molecule has 112 valence electrons. The molecule has 0 bridgehead atoms. The fourth-order valence-electron chi connectivity index (χ4n) is 1.48. The van der Waals surface area contributed by atoms with Gasteiger partial charge in [-0.15, -0.1) is 24.0 Å². The van der Waals surface area contributed by atoms with Gasteiger partial charge in [0, 0.05) is 25.2 Å². The van der Waals surface area contributed by atoms with Crippen molar-refractivity contribution < 1.29 is 4.92 Å². The van der Waals surface area contributed by atoms with E-state index in [9.17, 15) is 10.1 Å². The smallest absolute Gasteiger partial charge is 0.269 e. The van der Waals surface area contributed by atoms with Crippen molar-refractivity contribution in [3.05, 3.63) is 39.9 Å². The van der Waals surface area contributed by atoms with E-state index < -0.39 is 4.92 Å². The monoisotopic (exact) mass is 392 g/mol. The predicted molar refractivity (Wildman–Crippen MR) is 91.6 cm³/mol. The summed E-state index contributed by atoms with van der Waals surface area (Å²) in [5.41, 5.74) is 1.04. The Labute approximate surface area is 136 Å². The number of benzene rings is 1. The van der Waals surface area contributed by atoms with E-state index in [1.165, 1.54) is 12.1 Å². The molecule has 7 heteroatoms. The molecule has 0 heterocycles. The molecule has 20 heavy (non-hydrogen) atoms. The van der Waals surface area contributed by atoms with Gasteiger partial charge in [-0.25, -0.2) is 4.99 Å². The lowest BCUT2D eigenvalue weighted by molar-refractivity contribution is -0.384. The Morgan fingerprint density at radius 1 is 1.25 bits per heavy atom. The first kappa shape index (κ1) is 18.6. The average molecular weight is 392 g/mol. The van der Waals surface area contributed by atoms with Crippen molar-refractivity contribution in [3.63, 3.8) is 0 Å². The Bertz CT molecular complexity index is 435. The molecule has 1 rings (SSSR count). The van der Waals surface area contributed by atoms with Gasteiger partial charge in [0.05, 0.1) is 11.5 Å². The van der Waals surface area contributed by atoms with Crippen LogP contribution in [-0.2, 0) is 6.54 Å². The number of non-ortho nitro benzene ring substituents is 1. The number of hydrogen-bond donors (Lipinski definition) is 2. The van der Waals surface area contributed by atoms with Crippen molar-refractivity contribution in [1.29, 1.82) is 0 Å². The normalized spacial score (nSPS) is 10.6. The number of nitrogens with one attached hydrogen (secondary N) is 2. The van der Waals surface area contributed by atoms with Gasteiger partial charge in [0.2, 0.25) is 0 Å². The highest BCUT2D eigenvalue weighted by atomic mass is 127. The van der Waals surface area contributed by atoms with Crippen LogP contribution in [0, 0.1) is 10.1 Å². The molecule has 0 aliphatic heterocycles. The summed E-state index contributed by atoms with van der Waals surface area (Å²) in [6.07, 6.45) is 1.03. The Kier molecular flexibility index (Phi) is 9.69. The second-order valence-electron chi connectivity index (χ2n) is 4.05. The predicted octanol–water partition coefficient (Wildman–Crippen LogP) is 2.68. The molecule has 0 amide bonds. The van der Waals surface area contributed by atoms with Gasteiger partial charge >= 0.3 is 0 Å². The van der Waals surface area contributed by atoms with Crippen molar-refractivity contribution in [2.45, 2.75) is 26.8 Å². The van der Waals surface area contributed by atoms with E-state index in [1.54, 1.807) is 12.1 Å². The Morgan fingerprint density at radius 2 is 1.90 bits per heavy atom. The number of rotatable bonds is 6. The van der Waals surface area contributed by atoms with Crippen molar-refractivity contribution in [2.24, 2.45) is 4.99 Å². The number of nitro benzene ring substituents is 1. The van der Waals surface area contributed by atoms with Crippen LogP contribution in [-0.4, -0.2) is 24.0 Å². The van der Waals surface area contributed by atoms with E-state index in [0.29, 0.717) is 6.54 Å². The van der Waals surface area contributed by atoms with Crippen LogP contribution in [0.25, 0.3) is 0 Å². The van der Waals surface area contributed by atoms with Crippen LogP contribution < -0.4 is 10.6 Å². The van der Waals surface area contributed by atoms with Crippen LogP contribution in [0.15, 0.2) is 29.3 Å². The van der Waals surface area contributed by atoms with Crippen molar-refractivity contribution in [2.75, 3.05) is 13.1 Å². The Morgan fingerprint density at radius 3 is 2.40 bits per heavy atom. The SMILES string of the molecule is CCCNC(=NCc1ccc([N+](=O)[O-])cc1)NCC.I. The lowest BCUT2D eigenvalue weighted by Crippen LogP contribution is -2.37. The summed E-state index contributed by atoms with van der Waals surface area (Å²) >= 11 is 0. The van der Waals surface area contributed by atoms with Crippen LogP contribution in [0.2, 0.25) is 0 Å². The van der Waals surface area contributed by atoms with Crippen molar-refractivity contribution in [3.8, 4) is 0 Å². The van der Waals surface area contributed by atoms with Crippen LogP contribution in [0.1, 0.15) is 25.8 Å². The highest BCUT2D eigenvalue weighted by molar-refractivity contribution is 14.0. The highest BCUT2D eigenvalue weighted by Gasteiger charge is 2.03. The molecule has 0 saturated carbocycles. The molecule has 1 aromatic rings. The van der Waals surface area contributed by atoms with E-state index in [2.05, 4.69) is 22.5 Å². The largest absolute Gasteiger partial charge is 0.357 e. The summed E-state index contributed by atoms with van der Waals surface area (Å²) in [6, 6.07) is 6.45. The van der Waals surface area contributed by atoms with Crippen molar-refractivity contribution in [1.82, 2.24) is 10.6 Å². The Balaban J connectivity index is 0.00000361. The van der Waals surface area contributed by atoms with Gasteiger partial charge in [0.15, 0.2) is 5.96 Å². The third-order valence-corrected chi connectivity index (χ3v) is 2.45. The maximum atomic E-state index is 10.5. The fraction of sp³-hybridized carbons (Fsp3) is 0.462. The quantitative estimate of drug-likeness (QED) is 0.257. The molecule has 0 atom stereocenters. The van der Waals surface area contributed by atoms with Gasteiger partial charge in [0.1, 0.15) is 0 Å². The lowest BCUT2D eigenvalue weighted by atomic mass is 10.2. The van der Waals surface area contributed by atoms with Gasteiger partial charge in [-0.05, 0) is 18.9 Å². The molecule has 6 nitrogen and oxygen atoms in total. The molecular formula is C13H21IN4O2. The standard InChI is InChI=1S/C13H20N4O2.HI/c1-3-9-15-13(14-4-2)16-10-11-5-7-12(8-6-11)17(18)19;/h5-8H,3-4,9-10H2,1-2H3,(H2,14,15,16);1H. The molecular weight excluding hydrogens is 371 g/mol. The third kappa shape index (κ3) is 6.69. The topological polar surface area (TPSA) is 79.6 Å². The van der Waals surface area contributed by atoms with Gasteiger partial charge in [-0.2, -0.15) is 0 Å². The van der Waals surface area contributed by atoms with Crippen LogP contribution >= 0.6 is 24.0 Å². The third-order valence-electron chi connectivity index (χ3n) is 2.45. The van der Waals surface area contributed by atoms with E-state index >= 15 is 0 Å². The average Bonchev–Trinajstić information content (AvgIpc) is 2.42. The van der Waals surface area contributed by atoms with Crippen LogP contribution in [0.5, 0.6) is 0 Å². The summed E-state index contributed by atoms with van der Waals surface area (Å²) < 4.78 is 0. The van der Waals surface area contributed by atoms with Gasteiger partial charge < -0.3 is 10.6 Å². The molecule has 0 saturated heterocycles. The first-order valence-electron chi connectivity index (χ1n) is 6.42. The summed E-state index contributed by atoms with van der Waals surface area (Å²) in [7, 11) is 0. The zero-order valence-electron chi connectivity index (χ0n) is 11.8. The first-order chi connectivity index (χ1) is 9.17. The van der Waals surface area contributed by atoms with E-state index in [4.69, 9.17) is 0 Å². The molecule has 0 spiro atoms. The molecule has 1 aromatic carbocycles. The van der Waals surface area contributed by atoms with E-state index in [0.717, 1.165) is 31.0 Å². The van der Waals surface area contributed by atoms with Crippen LogP contribution in [0.4, 0.5) is 5.69 Å². The molecule has 0 fully saturated rings. The zero-order chi connectivity index (χ0) is 14.1. The first-order valence-corrected chi connectivity index (χ1v) is 6.42. The molecule has 0 aliphatic rings. The minimum atomic E-state index is -0.403. The summed E-state index contributed by atoms with van der Waals surface area (Å²) in [5, 5.41) is 16.9. The maximum absolute atomic E-state index is 10.5. The van der Waals surface area contributed by atoms with Gasteiger partial charge in [-0.3, -0.25) is 10.1 Å². The number of halogens is 1. The fourth-order valence-corrected chi connectivity index (χ4v) is 1.48. The highest BCUT2D eigenvalue weighted by Crippen LogP contribution is 2.12. The molecule has 0 radical (unpaired) electrons. The molecule has 2 N–H and O–H groups in total. The molecule has 0 aromatic heterocycles. The zero-order valence-corrected chi connectivity index (χ0v) is 14.1. The molecule has 0 unspecified atom stereocenters. The van der Waals surface area contributed by atoms with Gasteiger partial charge in [0.25, 0.3) is 5.69 Å². The summed E-state index contributed by atoms with van der Waals surface area (Å²) in [4.78, 5) is 14.6. The minimum Gasteiger partial charge on any atom is -0.357 e. The van der Waals surface area contributed by atoms with Crippen LogP contribution in [0.3, 0.4) is 0 Å². The molecule has 0 aliphatic carbocycles. The number of guanidine groups is 1. The number of aliphatic imine (C=N–C) groups is 1. The van der Waals surface area contributed by atoms with E-state index in [-0.39, 0.29) is 29.7 Å². The second kappa shape index (κ2) is 10.4. The van der Waals surface area contributed by atoms with E-state index in [1.807, 2.05) is 6.92 Å². The summed E-state index contributed by atoms with van der Waals surface area (Å²) in [6.45, 7) is 6.26. The second-order valence-corrected chi connectivity index (χ2v) is 4.05. The lowest BCUT2D eigenvalue weighted by Gasteiger charge is -2.10. The minimum absolute atomic E-state index is 0. The number of nitro groups is 1. The number of nitrogens with zero attached hydrogens (tertiary/aromatic N) is 2. The van der Waals surface area contributed by atoms with Gasteiger partial charge in [-0.1, -0.05) is 19.1 Å².